The summed E-state index contributed by atoms with van der Waals surface area (Å²) in [4.78, 5) is 35.4. The van der Waals surface area contributed by atoms with Crippen molar-refractivity contribution in [2.24, 2.45) is 11.8 Å². The summed E-state index contributed by atoms with van der Waals surface area (Å²) in [5, 5.41) is 13.2. The number of nitrogens with one attached hydrogen (secondary N) is 1. The van der Waals surface area contributed by atoms with E-state index >= 15 is 0 Å². The minimum atomic E-state index is -0.344. The van der Waals surface area contributed by atoms with Crippen LogP contribution in [0.3, 0.4) is 0 Å². The van der Waals surface area contributed by atoms with E-state index in [2.05, 4.69) is 29.2 Å². The molecule has 2 heterocycles. The molecule has 0 spiro atoms. The van der Waals surface area contributed by atoms with Gasteiger partial charge in [0.2, 0.25) is 0 Å². The topological polar surface area (TPSA) is 95.0 Å². The molecule has 1 aliphatic heterocycles. The molecular weight excluding hydrogens is 488 g/mol. The molecule has 196 valence electrons. The Morgan fingerprint density at radius 2 is 2.03 bits per heavy atom. The number of anilines is 1. The first-order chi connectivity index (χ1) is 17.8. The van der Waals surface area contributed by atoms with Gasteiger partial charge in [-0.1, -0.05) is 25.1 Å². The van der Waals surface area contributed by atoms with Crippen LogP contribution in [-0.2, 0) is 0 Å². The molecular formula is C28H34N4O4S. The van der Waals surface area contributed by atoms with E-state index in [1.54, 1.807) is 23.1 Å². The van der Waals surface area contributed by atoms with Gasteiger partial charge in [-0.3, -0.25) is 9.59 Å². The molecule has 0 radical (unpaired) electrons. The molecule has 37 heavy (non-hydrogen) atoms. The smallest absolute Gasteiger partial charge is 0.284 e. The lowest BCUT2D eigenvalue weighted by Crippen LogP contribution is -2.50. The second-order valence-electron chi connectivity index (χ2n) is 10.4. The van der Waals surface area contributed by atoms with Crippen LogP contribution in [0.4, 0.5) is 5.69 Å². The molecule has 1 aromatic heterocycles. The standard InChI is InChI=1S/C28H34N4O4S/c1-17-13-32(18(2)16-33)28(35)20-7-6-9-22(25(20)36-23(17)15-31(3)14-19-11-12-19)29-26(34)27-30-21-8-4-5-10-24(21)37-27/h4-10,17-19,23,33H,11-16H2,1-3H3,(H,29,34)/t17-,18-,23-/m1/s1. The fourth-order valence-electron chi connectivity index (χ4n) is 4.83. The number of benzene rings is 2. The largest absolute Gasteiger partial charge is 0.486 e. The van der Waals surface area contributed by atoms with E-state index in [1.165, 1.54) is 24.2 Å². The average Bonchev–Trinajstić information content (AvgIpc) is 3.59. The van der Waals surface area contributed by atoms with Crippen molar-refractivity contribution >= 4 is 39.1 Å². The second-order valence-corrected chi connectivity index (χ2v) is 11.4. The molecule has 1 saturated carbocycles. The Labute approximate surface area is 221 Å². The van der Waals surface area contributed by atoms with E-state index in [-0.39, 0.29) is 36.5 Å². The highest BCUT2D eigenvalue weighted by Gasteiger charge is 2.35. The number of nitrogens with zero attached hydrogens (tertiary/aromatic N) is 3. The van der Waals surface area contributed by atoms with Crippen LogP contribution in [-0.4, -0.2) is 77.1 Å². The lowest BCUT2D eigenvalue weighted by molar-refractivity contribution is 0.0345. The quantitative estimate of drug-likeness (QED) is 0.462. The molecule has 5 rings (SSSR count). The number of likely N-dealkylation sites (N-methyl/N-ethyl adjacent to an activating group) is 1. The van der Waals surface area contributed by atoms with Crippen molar-refractivity contribution in [3.63, 3.8) is 0 Å². The van der Waals surface area contributed by atoms with E-state index in [1.807, 2.05) is 31.2 Å². The van der Waals surface area contributed by atoms with Crippen LogP contribution >= 0.6 is 11.3 Å². The van der Waals surface area contributed by atoms with Crippen molar-refractivity contribution in [2.45, 2.75) is 38.8 Å². The molecule has 9 heteroatoms. The van der Waals surface area contributed by atoms with Crippen LogP contribution in [0, 0.1) is 11.8 Å². The van der Waals surface area contributed by atoms with E-state index in [0.29, 0.717) is 35.1 Å². The zero-order valence-corrected chi connectivity index (χ0v) is 22.3. The maximum atomic E-state index is 13.6. The summed E-state index contributed by atoms with van der Waals surface area (Å²) in [6.07, 6.45) is 2.34. The van der Waals surface area contributed by atoms with Crippen molar-refractivity contribution in [3.05, 3.63) is 53.0 Å². The van der Waals surface area contributed by atoms with Gasteiger partial charge in [0.25, 0.3) is 11.8 Å². The Hall–Kier alpha value is -3.01. The maximum Gasteiger partial charge on any atom is 0.284 e. The van der Waals surface area contributed by atoms with Gasteiger partial charge in [0.15, 0.2) is 10.8 Å². The van der Waals surface area contributed by atoms with Crippen LogP contribution < -0.4 is 10.1 Å². The molecule has 0 bridgehead atoms. The number of carbonyl (C=O) groups is 2. The monoisotopic (exact) mass is 522 g/mol. The molecule has 1 aliphatic carbocycles. The lowest BCUT2D eigenvalue weighted by atomic mass is 9.99. The van der Waals surface area contributed by atoms with E-state index in [0.717, 1.165) is 22.7 Å². The fourth-order valence-corrected chi connectivity index (χ4v) is 5.69. The number of thiazole rings is 1. The molecule has 3 atom stereocenters. The number of aliphatic hydroxyl groups is 1. The fraction of sp³-hybridized carbons (Fsp3) is 0.464. The van der Waals surface area contributed by atoms with Gasteiger partial charge in [-0.05, 0) is 57.0 Å². The number of aromatic nitrogens is 1. The van der Waals surface area contributed by atoms with Crippen LogP contribution in [0.5, 0.6) is 5.75 Å². The van der Waals surface area contributed by atoms with Gasteiger partial charge in [-0.15, -0.1) is 11.3 Å². The molecule has 0 unspecified atom stereocenters. The van der Waals surface area contributed by atoms with Gasteiger partial charge in [0.1, 0.15) is 6.10 Å². The first kappa shape index (κ1) is 25.6. The number of para-hydroxylation sites is 2. The molecule has 8 nitrogen and oxygen atoms in total. The lowest BCUT2D eigenvalue weighted by Gasteiger charge is -2.38. The third kappa shape index (κ3) is 5.63. The molecule has 0 saturated heterocycles. The number of hydrogen-bond donors (Lipinski definition) is 2. The Balaban J connectivity index is 1.48. The molecule has 2 aliphatic rings. The number of amides is 2. The number of carbonyl (C=O) groups excluding carboxylic acids is 2. The highest BCUT2D eigenvalue weighted by molar-refractivity contribution is 7.20. The summed E-state index contributed by atoms with van der Waals surface area (Å²) >= 11 is 1.32. The first-order valence-corrected chi connectivity index (χ1v) is 13.7. The van der Waals surface area contributed by atoms with Crippen molar-refractivity contribution < 1.29 is 19.4 Å². The number of fused-ring (bicyclic) bond motifs is 2. The van der Waals surface area contributed by atoms with Gasteiger partial charge in [-0.2, -0.15) is 0 Å². The van der Waals surface area contributed by atoms with Crippen LogP contribution in [0.1, 0.15) is 46.8 Å². The zero-order chi connectivity index (χ0) is 26.1. The van der Waals surface area contributed by atoms with Gasteiger partial charge in [0, 0.05) is 25.6 Å². The van der Waals surface area contributed by atoms with Crippen molar-refractivity contribution in [3.8, 4) is 5.75 Å². The second kappa shape index (κ2) is 10.8. The summed E-state index contributed by atoms with van der Waals surface area (Å²) in [6.45, 7) is 5.99. The Kier molecular flexibility index (Phi) is 7.46. The van der Waals surface area contributed by atoms with E-state index in [9.17, 15) is 14.7 Å². The summed E-state index contributed by atoms with van der Waals surface area (Å²) in [5.41, 5.74) is 1.59. The summed E-state index contributed by atoms with van der Waals surface area (Å²) < 4.78 is 7.53. The summed E-state index contributed by atoms with van der Waals surface area (Å²) in [7, 11) is 2.11. The first-order valence-electron chi connectivity index (χ1n) is 12.9. The average molecular weight is 523 g/mol. The third-order valence-electron chi connectivity index (χ3n) is 7.19. The predicted molar refractivity (Wildman–Crippen MR) is 145 cm³/mol. The van der Waals surface area contributed by atoms with Crippen molar-refractivity contribution in [1.82, 2.24) is 14.8 Å². The number of aliphatic hydroxyl groups excluding tert-OH is 1. The molecule has 2 amide bonds. The SMILES string of the molecule is C[C@@H]1CN([C@H](C)CO)C(=O)c2cccc(NC(=O)c3nc4ccccc4s3)c2O[C@@H]1CN(C)CC1CC1. The number of ether oxygens (including phenoxy) is 1. The normalized spacial score (nSPS) is 20.8. The summed E-state index contributed by atoms with van der Waals surface area (Å²) in [6, 6.07) is 12.5. The molecule has 2 N–H and O–H groups in total. The predicted octanol–water partition coefficient (Wildman–Crippen LogP) is 4.11. The van der Waals surface area contributed by atoms with Crippen molar-refractivity contribution in [1.29, 1.82) is 0 Å². The summed E-state index contributed by atoms with van der Waals surface area (Å²) in [5.74, 6) is 0.569. The van der Waals surface area contributed by atoms with Gasteiger partial charge in [0.05, 0.1) is 34.1 Å². The Bertz CT molecular complexity index is 1260. The molecule has 1 fully saturated rings. The number of hydrogen-bond acceptors (Lipinski definition) is 7. The highest BCUT2D eigenvalue weighted by atomic mass is 32.1. The van der Waals surface area contributed by atoms with Crippen LogP contribution in [0.25, 0.3) is 10.2 Å². The maximum absolute atomic E-state index is 13.6. The molecule has 2 aromatic carbocycles. The van der Waals surface area contributed by atoms with Crippen molar-refractivity contribution in [2.75, 3.05) is 38.6 Å². The minimum absolute atomic E-state index is 0.0146. The molecule has 3 aromatic rings. The zero-order valence-electron chi connectivity index (χ0n) is 21.5. The van der Waals surface area contributed by atoms with Gasteiger partial charge < -0.3 is 25.0 Å². The van der Waals surface area contributed by atoms with Crippen LogP contribution in [0.2, 0.25) is 0 Å². The third-order valence-corrected chi connectivity index (χ3v) is 8.22. The van der Waals surface area contributed by atoms with Gasteiger partial charge in [-0.25, -0.2) is 4.98 Å². The van der Waals surface area contributed by atoms with Gasteiger partial charge >= 0.3 is 0 Å². The highest BCUT2D eigenvalue weighted by Crippen LogP contribution is 2.36. The van der Waals surface area contributed by atoms with Crippen LogP contribution in [0.15, 0.2) is 42.5 Å². The van der Waals surface area contributed by atoms with E-state index in [4.69, 9.17) is 4.74 Å². The Morgan fingerprint density at radius 3 is 2.76 bits per heavy atom. The Morgan fingerprint density at radius 1 is 1.24 bits per heavy atom. The number of rotatable bonds is 8. The minimum Gasteiger partial charge on any atom is -0.486 e. The van der Waals surface area contributed by atoms with E-state index < -0.39 is 0 Å².